The number of nitrogens with zero attached hydrogens (tertiary/aromatic N) is 2. The number of anilines is 1. The first-order valence-corrected chi connectivity index (χ1v) is 7.23. The maximum Gasteiger partial charge on any atom is 0.342 e. The van der Waals surface area contributed by atoms with Crippen LogP contribution in [-0.2, 0) is 9.53 Å². The number of rotatable bonds is 5. The minimum atomic E-state index is -1.02. The molecule has 1 heterocycles. The lowest BCUT2D eigenvalue weighted by molar-refractivity contribution is -0.123. The molecule has 0 unspecified atom stereocenters. The third kappa shape index (κ3) is 3.88. The van der Waals surface area contributed by atoms with E-state index in [0.717, 1.165) is 0 Å². The Kier molecular flexibility index (Phi) is 5.00. The molecule has 122 valence electrons. The van der Waals surface area contributed by atoms with Gasteiger partial charge in [-0.3, -0.25) is 4.79 Å². The van der Waals surface area contributed by atoms with Crippen LogP contribution in [0.25, 0.3) is 0 Å². The van der Waals surface area contributed by atoms with Gasteiger partial charge < -0.3 is 15.2 Å². The molecular weight excluding hydrogens is 298 g/mol. The fraction of sp³-hybridized carbons (Fsp3) is 0.312. The van der Waals surface area contributed by atoms with Gasteiger partial charge in [-0.25, -0.2) is 9.48 Å². The highest BCUT2D eigenvalue weighted by atomic mass is 16.5. The van der Waals surface area contributed by atoms with Crippen molar-refractivity contribution in [2.24, 2.45) is 0 Å². The molecule has 1 aromatic carbocycles. The third-order valence-electron chi connectivity index (χ3n) is 3.19. The molecule has 0 spiro atoms. The van der Waals surface area contributed by atoms with Gasteiger partial charge in [0, 0.05) is 12.1 Å². The zero-order valence-corrected chi connectivity index (χ0v) is 13.2. The summed E-state index contributed by atoms with van der Waals surface area (Å²) in [5.74, 6) is -0.905. The SMILES string of the molecule is CC(C)n1nccc1NC(=O)[C@@H](C)OC(=O)c1ccccc1O. The zero-order chi connectivity index (χ0) is 17.0. The first-order valence-electron chi connectivity index (χ1n) is 7.23. The fourth-order valence-electron chi connectivity index (χ4n) is 1.98. The lowest BCUT2D eigenvalue weighted by atomic mass is 10.2. The summed E-state index contributed by atoms with van der Waals surface area (Å²) in [5, 5.41) is 16.4. The second-order valence-corrected chi connectivity index (χ2v) is 5.31. The Morgan fingerprint density at radius 3 is 2.57 bits per heavy atom. The fourth-order valence-corrected chi connectivity index (χ4v) is 1.98. The van der Waals surface area contributed by atoms with E-state index in [0.29, 0.717) is 5.82 Å². The van der Waals surface area contributed by atoms with Gasteiger partial charge in [0.05, 0.1) is 6.20 Å². The van der Waals surface area contributed by atoms with Crippen molar-refractivity contribution < 1.29 is 19.4 Å². The number of ether oxygens (including phenoxy) is 1. The molecule has 0 radical (unpaired) electrons. The first kappa shape index (κ1) is 16.5. The van der Waals surface area contributed by atoms with Crippen molar-refractivity contribution in [3.05, 3.63) is 42.1 Å². The van der Waals surface area contributed by atoms with Gasteiger partial charge in [-0.2, -0.15) is 5.10 Å². The molecule has 1 aromatic heterocycles. The average molecular weight is 317 g/mol. The normalized spacial score (nSPS) is 12.0. The summed E-state index contributed by atoms with van der Waals surface area (Å²) in [6, 6.07) is 7.74. The summed E-state index contributed by atoms with van der Waals surface area (Å²) in [5.41, 5.74) is 0.0133. The molecule has 0 aliphatic rings. The Balaban J connectivity index is 2.01. The van der Waals surface area contributed by atoms with Crippen LogP contribution in [0.1, 0.15) is 37.2 Å². The van der Waals surface area contributed by atoms with E-state index < -0.39 is 18.0 Å². The van der Waals surface area contributed by atoms with E-state index in [-0.39, 0.29) is 17.4 Å². The third-order valence-corrected chi connectivity index (χ3v) is 3.19. The molecular formula is C16H19N3O4. The van der Waals surface area contributed by atoms with Gasteiger partial charge >= 0.3 is 5.97 Å². The Hall–Kier alpha value is -2.83. The molecule has 1 atom stereocenters. The van der Waals surface area contributed by atoms with E-state index in [9.17, 15) is 14.7 Å². The number of carbonyl (C=O) groups is 2. The Bertz CT molecular complexity index is 709. The van der Waals surface area contributed by atoms with Gasteiger partial charge in [-0.05, 0) is 32.9 Å². The molecule has 23 heavy (non-hydrogen) atoms. The van der Waals surface area contributed by atoms with E-state index in [1.54, 1.807) is 29.1 Å². The molecule has 0 saturated heterocycles. The van der Waals surface area contributed by atoms with Crippen LogP contribution in [-0.4, -0.2) is 32.9 Å². The maximum atomic E-state index is 12.1. The molecule has 2 rings (SSSR count). The number of nitrogens with one attached hydrogen (secondary N) is 1. The predicted octanol–water partition coefficient (Wildman–Crippen LogP) is 2.35. The van der Waals surface area contributed by atoms with E-state index in [1.807, 2.05) is 13.8 Å². The van der Waals surface area contributed by atoms with Crippen LogP contribution < -0.4 is 5.32 Å². The summed E-state index contributed by atoms with van der Waals surface area (Å²) in [6.07, 6.45) is 0.562. The molecule has 7 heteroatoms. The van der Waals surface area contributed by atoms with Crippen molar-refractivity contribution in [2.75, 3.05) is 5.32 Å². The number of esters is 1. The standard InChI is InChI=1S/C16H19N3O4/c1-10(2)19-14(8-9-17-19)18-15(21)11(3)23-16(22)12-6-4-5-7-13(12)20/h4-11,20H,1-3H3,(H,18,21)/t11-/m1/s1. The quantitative estimate of drug-likeness (QED) is 0.826. The minimum absolute atomic E-state index is 0.0133. The van der Waals surface area contributed by atoms with Crippen molar-refractivity contribution in [3.8, 4) is 5.75 Å². The van der Waals surface area contributed by atoms with E-state index >= 15 is 0 Å². The number of amides is 1. The topological polar surface area (TPSA) is 93.5 Å². The minimum Gasteiger partial charge on any atom is -0.507 e. The molecule has 0 aliphatic heterocycles. The summed E-state index contributed by atoms with van der Waals surface area (Å²) in [7, 11) is 0. The molecule has 2 N–H and O–H groups in total. The molecule has 0 fully saturated rings. The van der Waals surface area contributed by atoms with Gasteiger partial charge in [0.1, 0.15) is 17.1 Å². The van der Waals surface area contributed by atoms with Crippen molar-refractivity contribution in [2.45, 2.75) is 32.9 Å². The molecule has 0 bridgehead atoms. The van der Waals surface area contributed by atoms with Gasteiger partial charge in [-0.15, -0.1) is 0 Å². The van der Waals surface area contributed by atoms with Crippen LogP contribution >= 0.6 is 0 Å². The molecule has 0 aliphatic carbocycles. The van der Waals surface area contributed by atoms with E-state index in [2.05, 4.69) is 10.4 Å². The van der Waals surface area contributed by atoms with Crippen LogP contribution in [0.15, 0.2) is 36.5 Å². The molecule has 7 nitrogen and oxygen atoms in total. The number of aromatic hydroxyl groups is 1. The number of carbonyl (C=O) groups excluding carboxylic acids is 2. The van der Waals surface area contributed by atoms with Gasteiger partial charge in [0.2, 0.25) is 0 Å². The lowest BCUT2D eigenvalue weighted by Gasteiger charge is -2.16. The summed E-state index contributed by atoms with van der Waals surface area (Å²) < 4.78 is 6.74. The highest BCUT2D eigenvalue weighted by molar-refractivity contribution is 5.97. The number of benzene rings is 1. The average Bonchev–Trinajstić information content (AvgIpc) is 2.95. The Morgan fingerprint density at radius 2 is 1.91 bits per heavy atom. The number of phenols is 1. The largest absolute Gasteiger partial charge is 0.507 e. The predicted molar refractivity (Wildman–Crippen MR) is 84.2 cm³/mol. The highest BCUT2D eigenvalue weighted by Gasteiger charge is 2.21. The monoisotopic (exact) mass is 317 g/mol. The van der Waals surface area contributed by atoms with Crippen molar-refractivity contribution in [3.63, 3.8) is 0 Å². The first-order chi connectivity index (χ1) is 10.9. The van der Waals surface area contributed by atoms with Crippen LogP contribution in [0.4, 0.5) is 5.82 Å². The number of para-hydroxylation sites is 1. The Morgan fingerprint density at radius 1 is 1.22 bits per heavy atom. The second kappa shape index (κ2) is 6.95. The number of aromatic nitrogens is 2. The number of hydrogen-bond acceptors (Lipinski definition) is 5. The highest BCUT2D eigenvalue weighted by Crippen LogP contribution is 2.18. The zero-order valence-electron chi connectivity index (χ0n) is 13.2. The molecule has 1 amide bonds. The second-order valence-electron chi connectivity index (χ2n) is 5.31. The lowest BCUT2D eigenvalue weighted by Crippen LogP contribution is -2.31. The molecule has 0 saturated carbocycles. The summed E-state index contributed by atoms with van der Waals surface area (Å²) >= 11 is 0. The van der Waals surface area contributed by atoms with Crippen LogP contribution in [0.3, 0.4) is 0 Å². The van der Waals surface area contributed by atoms with E-state index in [1.165, 1.54) is 19.1 Å². The van der Waals surface area contributed by atoms with E-state index in [4.69, 9.17) is 4.74 Å². The van der Waals surface area contributed by atoms with Crippen molar-refractivity contribution >= 4 is 17.7 Å². The van der Waals surface area contributed by atoms with Gasteiger partial charge in [-0.1, -0.05) is 12.1 Å². The van der Waals surface area contributed by atoms with Gasteiger partial charge in [0.25, 0.3) is 5.91 Å². The Labute approximate surface area is 133 Å². The number of hydrogen-bond donors (Lipinski definition) is 2. The summed E-state index contributed by atoms with van der Waals surface area (Å²) in [6.45, 7) is 5.33. The van der Waals surface area contributed by atoms with Crippen LogP contribution in [0.2, 0.25) is 0 Å². The van der Waals surface area contributed by atoms with Crippen molar-refractivity contribution in [1.82, 2.24) is 9.78 Å². The van der Waals surface area contributed by atoms with Crippen LogP contribution in [0.5, 0.6) is 5.75 Å². The maximum absolute atomic E-state index is 12.1. The summed E-state index contributed by atoms with van der Waals surface area (Å²) in [4.78, 5) is 24.1. The van der Waals surface area contributed by atoms with Crippen molar-refractivity contribution in [1.29, 1.82) is 0 Å². The molecule has 2 aromatic rings. The van der Waals surface area contributed by atoms with Gasteiger partial charge in [0.15, 0.2) is 6.10 Å². The number of phenolic OH excluding ortho intramolecular Hbond substituents is 1. The van der Waals surface area contributed by atoms with Crippen LogP contribution in [0, 0.1) is 0 Å². The smallest absolute Gasteiger partial charge is 0.342 e.